The van der Waals surface area contributed by atoms with E-state index >= 15 is 0 Å². The maximum atomic E-state index is 5.74. The van der Waals surface area contributed by atoms with Crippen molar-refractivity contribution in [2.75, 3.05) is 30.3 Å². The quantitative estimate of drug-likeness (QED) is 0.840. The van der Waals surface area contributed by atoms with Crippen LogP contribution in [0.25, 0.3) is 0 Å². The first-order valence-corrected chi connectivity index (χ1v) is 5.86. The van der Waals surface area contributed by atoms with E-state index in [0.717, 1.165) is 31.8 Å². The van der Waals surface area contributed by atoms with E-state index in [0.29, 0.717) is 11.8 Å². The smallest absolute Gasteiger partial charge is 0.0750 e. The zero-order chi connectivity index (χ0) is 11.4. The Morgan fingerprint density at radius 3 is 3.06 bits per heavy atom. The van der Waals surface area contributed by atoms with Gasteiger partial charge in [-0.25, -0.2) is 0 Å². The maximum absolute atomic E-state index is 5.74. The molecule has 16 heavy (non-hydrogen) atoms. The predicted octanol–water partition coefficient (Wildman–Crippen LogP) is 1.67. The number of anilines is 2. The second-order valence-electron chi connectivity index (χ2n) is 4.15. The molecule has 0 aliphatic carbocycles. The predicted molar refractivity (Wildman–Crippen MR) is 65.5 cm³/mol. The van der Waals surface area contributed by atoms with Crippen molar-refractivity contribution in [2.45, 2.75) is 25.9 Å². The molecule has 2 rings (SSSR count). The normalized spacial score (nSPS) is 19.9. The van der Waals surface area contributed by atoms with Crippen molar-refractivity contribution in [3.8, 4) is 0 Å². The van der Waals surface area contributed by atoms with Gasteiger partial charge in [-0.2, -0.15) is 0 Å². The number of rotatable bonds is 4. The topological polar surface area (TPSA) is 51.4 Å². The highest BCUT2D eigenvalue weighted by atomic mass is 16.5. The largest absolute Gasteiger partial charge is 0.397 e. The molecule has 1 aromatic heterocycles. The first-order chi connectivity index (χ1) is 7.79. The fourth-order valence-corrected chi connectivity index (χ4v) is 2.07. The summed E-state index contributed by atoms with van der Waals surface area (Å²) in [6.07, 6.45) is 6.23. The molecule has 88 valence electrons. The molecular weight excluding hydrogens is 202 g/mol. The Morgan fingerprint density at radius 1 is 1.56 bits per heavy atom. The summed E-state index contributed by atoms with van der Waals surface area (Å²) in [7, 11) is 0. The standard InChI is InChI=1S/C12H19N3O/c1-2-15(9-12-4-3-5-16-12)11-6-10(13)7-14-8-11/h6-8,12H,2-5,9,13H2,1H3. The summed E-state index contributed by atoms with van der Waals surface area (Å²) in [4.78, 5) is 6.38. The Morgan fingerprint density at radius 2 is 2.44 bits per heavy atom. The number of pyridine rings is 1. The zero-order valence-electron chi connectivity index (χ0n) is 9.72. The Labute approximate surface area is 96.4 Å². The molecule has 2 N–H and O–H groups in total. The molecule has 1 aromatic rings. The molecule has 1 atom stereocenters. The van der Waals surface area contributed by atoms with Crippen LogP contribution in [0, 0.1) is 0 Å². The Kier molecular flexibility index (Phi) is 3.62. The van der Waals surface area contributed by atoms with E-state index in [1.54, 1.807) is 6.20 Å². The summed E-state index contributed by atoms with van der Waals surface area (Å²) >= 11 is 0. The van der Waals surface area contributed by atoms with Crippen LogP contribution in [0.5, 0.6) is 0 Å². The van der Waals surface area contributed by atoms with Gasteiger partial charge in [0.15, 0.2) is 0 Å². The van der Waals surface area contributed by atoms with Crippen LogP contribution >= 0.6 is 0 Å². The number of hydrogen-bond donors (Lipinski definition) is 1. The molecule has 1 unspecified atom stereocenters. The lowest BCUT2D eigenvalue weighted by atomic mass is 10.2. The van der Waals surface area contributed by atoms with E-state index < -0.39 is 0 Å². The van der Waals surface area contributed by atoms with Gasteiger partial charge < -0.3 is 15.4 Å². The molecule has 0 aromatic carbocycles. The summed E-state index contributed by atoms with van der Waals surface area (Å²) in [6.45, 7) is 4.92. The van der Waals surface area contributed by atoms with Gasteiger partial charge in [-0.15, -0.1) is 0 Å². The van der Waals surface area contributed by atoms with Crippen LogP contribution in [0.1, 0.15) is 19.8 Å². The Hall–Kier alpha value is -1.29. The highest BCUT2D eigenvalue weighted by Crippen LogP contribution is 2.19. The van der Waals surface area contributed by atoms with E-state index in [2.05, 4.69) is 16.8 Å². The lowest BCUT2D eigenvalue weighted by Crippen LogP contribution is -2.32. The average molecular weight is 221 g/mol. The summed E-state index contributed by atoms with van der Waals surface area (Å²) < 4.78 is 5.64. The van der Waals surface area contributed by atoms with Crippen LogP contribution in [0.2, 0.25) is 0 Å². The highest BCUT2D eigenvalue weighted by Gasteiger charge is 2.18. The van der Waals surface area contributed by atoms with Crippen LogP contribution in [-0.4, -0.2) is 30.8 Å². The minimum atomic E-state index is 0.362. The van der Waals surface area contributed by atoms with Gasteiger partial charge in [0.05, 0.1) is 23.7 Å². The zero-order valence-corrected chi connectivity index (χ0v) is 9.72. The van der Waals surface area contributed by atoms with Gasteiger partial charge in [0.25, 0.3) is 0 Å². The third-order valence-corrected chi connectivity index (χ3v) is 2.94. The van der Waals surface area contributed by atoms with Crippen molar-refractivity contribution in [1.82, 2.24) is 4.98 Å². The fraction of sp³-hybridized carbons (Fsp3) is 0.583. The Bertz CT molecular complexity index is 337. The first kappa shape index (κ1) is 11.2. The van der Waals surface area contributed by atoms with Gasteiger partial charge in [-0.1, -0.05) is 0 Å². The molecule has 2 heterocycles. The molecular formula is C12H19N3O. The molecule has 0 bridgehead atoms. The van der Waals surface area contributed by atoms with Crippen LogP contribution in [0.3, 0.4) is 0 Å². The average Bonchev–Trinajstić information content (AvgIpc) is 2.78. The third-order valence-electron chi connectivity index (χ3n) is 2.94. The van der Waals surface area contributed by atoms with Gasteiger partial charge in [-0.3, -0.25) is 4.98 Å². The van der Waals surface area contributed by atoms with E-state index in [9.17, 15) is 0 Å². The summed E-state index contributed by atoms with van der Waals surface area (Å²) in [5.41, 5.74) is 7.53. The van der Waals surface area contributed by atoms with E-state index in [4.69, 9.17) is 10.5 Å². The molecule has 1 aliphatic heterocycles. The molecule has 0 radical (unpaired) electrons. The molecule has 4 heteroatoms. The Balaban J connectivity index is 2.03. The number of ether oxygens (including phenoxy) is 1. The number of likely N-dealkylation sites (N-methyl/N-ethyl adjacent to an activating group) is 1. The van der Waals surface area contributed by atoms with Crippen molar-refractivity contribution >= 4 is 11.4 Å². The number of aromatic nitrogens is 1. The number of nitrogen functional groups attached to an aromatic ring is 1. The van der Waals surface area contributed by atoms with Crippen LogP contribution in [0.15, 0.2) is 18.5 Å². The molecule has 1 aliphatic rings. The van der Waals surface area contributed by atoms with Crippen molar-refractivity contribution in [1.29, 1.82) is 0 Å². The number of nitrogens with two attached hydrogens (primary N) is 1. The van der Waals surface area contributed by atoms with Gasteiger partial charge in [0.1, 0.15) is 0 Å². The fourth-order valence-electron chi connectivity index (χ4n) is 2.07. The van der Waals surface area contributed by atoms with E-state index in [-0.39, 0.29) is 0 Å². The van der Waals surface area contributed by atoms with Gasteiger partial charge >= 0.3 is 0 Å². The molecule has 1 saturated heterocycles. The van der Waals surface area contributed by atoms with Crippen molar-refractivity contribution in [2.24, 2.45) is 0 Å². The molecule has 1 fully saturated rings. The van der Waals surface area contributed by atoms with Crippen molar-refractivity contribution < 1.29 is 4.74 Å². The second kappa shape index (κ2) is 5.16. The summed E-state index contributed by atoms with van der Waals surface area (Å²) in [6, 6.07) is 1.96. The van der Waals surface area contributed by atoms with E-state index in [1.807, 2.05) is 12.3 Å². The number of hydrogen-bond acceptors (Lipinski definition) is 4. The molecule has 4 nitrogen and oxygen atoms in total. The summed E-state index contributed by atoms with van der Waals surface area (Å²) in [5.74, 6) is 0. The lowest BCUT2D eigenvalue weighted by molar-refractivity contribution is 0.115. The van der Waals surface area contributed by atoms with E-state index in [1.165, 1.54) is 6.42 Å². The van der Waals surface area contributed by atoms with Crippen molar-refractivity contribution in [3.63, 3.8) is 0 Å². The molecule has 0 spiro atoms. The summed E-state index contributed by atoms with van der Waals surface area (Å²) in [5, 5.41) is 0. The number of nitrogens with zero attached hydrogens (tertiary/aromatic N) is 2. The van der Waals surface area contributed by atoms with Crippen LogP contribution in [0.4, 0.5) is 11.4 Å². The van der Waals surface area contributed by atoms with Crippen LogP contribution in [-0.2, 0) is 4.74 Å². The molecule has 0 saturated carbocycles. The van der Waals surface area contributed by atoms with Gasteiger partial charge in [0, 0.05) is 25.9 Å². The first-order valence-electron chi connectivity index (χ1n) is 5.86. The lowest BCUT2D eigenvalue weighted by Gasteiger charge is -2.25. The van der Waals surface area contributed by atoms with Crippen LogP contribution < -0.4 is 10.6 Å². The SMILES string of the molecule is CCN(CC1CCCO1)c1cncc(N)c1. The highest BCUT2D eigenvalue weighted by molar-refractivity contribution is 5.53. The second-order valence-corrected chi connectivity index (χ2v) is 4.15. The molecule has 0 amide bonds. The van der Waals surface area contributed by atoms with Gasteiger partial charge in [-0.05, 0) is 25.8 Å². The van der Waals surface area contributed by atoms with Gasteiger partial charge in [0.2, 0.25) is 0 Å². The third kappa shape index (κ3) is 2.64. The van der Waals surface area contributed by atoms with Crippen molar-refractivity contribution in [3.05, 3.63) is 18.5 Å². The maximum Gasteiger partial charge on any atom is 0.0750 e. The monoisotopic (exact) mass is 221 g/mol. The minimum Gasteiger partial charge on any atom is -0.397 e. The minimum absolute atomic E-state index is 0.362.